The van der Waals surface area contributed by atoms with Crippen molar-refractivity contribution in [1.82, 2.24) is 10.6 Å². The lowest BCUT2D eigenvalue weighted by molar-refractivity contribution is 0.619. The minimum atomic E-state index is 1.02. The van der Waals surface area contributed by atoms with E-state index in [2.05, 4.69) is 36.6 Å². The number of hydrogen-bond donors (Lipinski definition) is 2. The van der Waals surface area contributed by atoms with E-state index in [0.29, 0.717) is 0 Å². The lowest BCUT2D eigenvalue weighted by atomic mass is 10.2. The highest BCUT2D eigenvalue weighted by Crippen LogP contribution is 1.96. The van der Waals surface area contributed by atoms with Gasteiger partial charge in [-0.25, -0.2) is 0 Å². The molecule has 0 fully saturated rings. The van der Waals surface area contributed by atoms with Crippen molar-refractivity contribution in [3.63, 3.8) is 0 Å². The molecule has 0 unspecified atom stereocenters. The Hall–Kier alpha value is -0.340. The zero-order valence-electron chi connectivity index (χ0n) is 11.9. The Balaban J connectivity index is 2.99. The van der Waals surface area contributed by atoms with Gasteiger partial charge < -0.3 is 10.6 Å². The van der Waals surface area contributed by atoms with Crippen LogP contribution < -0.4 is 10.6 Å². The van der Waals surface area contributed by atoms with Gasteiger partial charge in [-0.15, -0.1) is 0 Å². The Morgan fingerprint density at radius 3 is 1.65 bits per heavy atom. The van der Waals surface area contributed by atoms with Crippen LogP contribution in [0, 0.1) is 0 Å². The minimum absolute atomic E-state index is 1.02. The second-order valence-electron chi connectivity index (χ2n) is 4.65. The molecule has 0 aliphatic carbocycles. The van der Waals surface area contributed by atoms with Crippen LogP contribution in [-0.4, -0.2) is 26.2 Å². The second kappa shape index (κ2) is 15.7. The van der Waals surface area contributed by atoms with Crippen LogP contribution in [0.25, 0.3) is 0 Å². The van der Waals surface area contributed by atoms with Crippen molar-refractivity contribution in [2.45, 2.75) is 58.8 Å². The van der Waals surface area contributed by atoms with E-state index in [-0.39, 0.29) is 0 Å². The molecule has 2 N–H and O–H groups in total. The molecular formula is C15H32N2. The van der Waals surface area contributed by atoms with Crippen LogP contribution >= 0.6 is 0 Å². The van der Waals surface area contributed by atoms with Crippen LogP contribution in [0.4, 0.5) is 0 Å². The summed E-state index contributed by atoms with van der Waals surface area (Å²) < 4.78 is 0. The molecule has 0 aliphatic rings. The van der Waals surface area contributed by atoms with Gasteiger partial charge in [-0.2, -0.15) is 0 Å². The number of hydrogen-bond acceptors (Lipinski definition) is 2. The first kappa shape index (κ1) is 16.7. The molecule has 0 aromatic carbocycles. The van der Waals surface area contributed by atoms with Crippen molar-refractivity contribution < 1.29 is 0 Å². The molecule has 0 amide bonds. The molecule has 2 nitrogen and oxygen atoms in total. The fourth-order valence-corrected chi connectivity index (χ4v) is 1.71. The zero-order chi connectivity index (χ0) is 12.6. The first-order valence-corrected chi connectivity index (χ1v) is 7.48. The predicted molar refractivity (Wildman–Crippen MR) is 78.5 cm³/mol. The molecule has 0 radical (unpaired) electrons. The maximum Gasteiger partial charge on any atom is 0.0135 e. The highest BCUT2D eigenvalue weighted by molar-refractivity contribution is 4.85. The van der Waals surface area contributed by atoms with Gasteiger partial charge in [0.25, 0.3) is 0 Å². The molecule has 2 heteroatoms. The average Bonchev–Trinajstić information content (AvgIpc) is 2.35. The topological polar surface area (TPSA) is 24.1 Å². The summed E-state index contributed by atoms with van der Waals surface area (Å²) in [5.41, 5.74) is 0. The van der Waals surface area contributed by atoms with Crippen LogP contribution in [0.15, 0.2) is 12.2 Å². The molecule has 0 bridgehead atoms. The molecular weight excluding hydrogens is 208 g/mol. The summed E-state index contributed by atoms with van der Waals surface area (Å²) in [6.45, 7) is 8.84. The SMILES string of the molecule is CCCCCCNC/C=C\CNCCCCC. The van der Waals surface area contributed by atoms with Crippen LogP contribution in [-0.2, 0) is 0 Å². The van der Waals surface area contributed by atoms with E-state index in [4.69, 9.17) is 0 Å². The summed E-state index contributed by atoms with van der Waals surface area (Å²) >= 11 is 0. The Morgan fingerprint density at radius 1 is 0.647 bits per heavy atom. The minimum Gasteiger partial charge on any atom is -0.313 e. The van der Waals surface area contributed by atoms with Gasteiger partial charge in [0.1, 0.15) is 0 Å². The molecule has 0 spiro atoms. The van der Waals surface area contributed by atoms with Crippen molar-refractivity contribution in [3.8, 4) is 0 Å². The Kier molecular flexibility index (Phi) is 15.3. The lowest BCUT2D eigenvalue weighted by Crippen LogP contribution is -2.17. The van der Waals surface area contributed by atoms with Gasteiger partial charge >= 0.3 is 0 Å². The highest BCUT2D eigenvalue weighted by atomic mass is 14.8. The van der Waals surface area contributed by atoms with Gasteiger partial charge in [-0.1, -0.05) is 58.1 Å². The van der Waals surface area contributed by atoms with E-state index in [9.17, 15) is 0 Å². The van der Waals surface area contributed by atoms with Gasteiger partial charge in [-0.3, -0.25) is 0 Å². The average molecular weight is 240 g/mol. The molecule has 0 aromatic rings. The third-order valence-corrected chi connectivity index (χ3v) is 2.86. The summed E-state index contributed by atoms with van der Waals surface area (Å²) in [5.74, 6) is 0. The van der Waals surface area contributed by atoms with Gasteiger partial charge in [-0.05, 0) is 25.9 Å². The number of unbranched alkanes of at least 4 members (excludes halogenated alkanes) is 5. The summed E-state index contributed by atoms with van der Waals surface area (Å²) in [4.78, 5) is 0. The Labute approximate surface area is 108 Å². The summed E-state index contributed by atoms with van der Waals surface area (Å²) in [6, 6.07) is 0. The van der Waals surface area contributed by atoms with E-state index in [1.165, 1.54) is 44.9 Å². The van der Waals surface area contributed by atoms with Gasteiger partial charge in [0.2, 0.25) is 0 Å². The van der Waals surface area contributed by atoms with Crippen molar-refractivity contribution in [2.75, 3.05) is 26.2 Å². The number of rotatable bonds is 13. The second-order valence-corrected chi connectivity index (χ2v) is 4.65. The lowest BCUT2D eigenvalue weighted by Gasteiger charge is -2.01. The molecule has 0 aromatic heterocycles. The van der Waals surface area contributed by atoms with E-state index >= 15 is 0 Å². The molecule has 0 saturated carbocycles. The van der Waals surface area contributed by atoms with Gasteiger partial charge in [0.05, 0.1) is 0 Å². The van der Waals surface area contributed by atoms with E-state index in [1.54, 1.807) is 0 Å². The standard InChI is InChI=1S/C15H32N2/c1-3-5-7-9-13-17-15-11-10-14-16-12-8-6-4-2/h10-11,16-17H,3-9,12-15H2,1-2H3/b11-10-. The molecule has 0 aliphatic heterocycles. The first-order chi connectivity index (χ1) is 8.41. The van der Waals surface area contributed by atoms with Crippen LogP contribution in [0.1, 0.15) is 58.8 Å². The molecule has 0 rings (SSSR count). The van der Waals surface area contributed by atoms with E-state index in [1.807, 2.05) is 0 Å². The molecule has 102 valence electrons. The third kappa shape index (κ3) is 15.7. The summed E-state index contributed by atoms with van der Waals surface area (Å²) in [5, 5.41) is 6.87. The van der Waals surface area contributed by atoms with Crippen molar-refractivity contribution in [2.24, 2.45) is 0 Å². The molecule has 0 atom stereocenters. The maximum absolute atomic E-state index is 3.44. The maximum atomic E-state index is 3.44. The van der Waals surface area contributed by atoms with Gasteiger partial charge in [0.15, 0.2) is 0 Å². The first-order valence-electron chi connectivity index (χ1n) is 7.48. The van der Waals surface area contributed by atoms with Crippen molar-refractivity contribution in [3.05, 3.63) is 12.2 Å². The fourth-order valence-electron chi connectivity index (χ4n) is 1.71. The third-order valence-electron chi connectivity index (χ3n) is 2.86. The van der Waals surface area contributed by atoms with Gasteiger partial charge in [0, 0.05) is 13.1 Å². The van der Waals surface area contributed by atoms with E-state index < -0.39 is 0 Å². The normalized spacial score (nSPS) is 11.4. The summed E-state index contributed by atoms with van der Waals surface area (Å²) in [7, 11) is 0. The number of nitrogens with one attached hydrogen (secondary N) is 2. The van der Waals surface area contributed by atoms with Crippen LogP contribution in [0.3, 0.4) is 0 Å². The fraction of sp³-hybridized carbons (Fsp3) is 0.867. The molecule has 0 saturated heterocycles. The zero-order valence-corrected chi connectivity index (χ0v) is 11.9. The van der Waals surface area contributed by atoms with Crippen molar-refractivity contribution in [1.29, 1.82) is 0 Å². The Morgan fingerprint density at radius 2 is 1.12 bits per heavy atom. The predicted octanol–water partition coefficient (Wildman–Crippen LogP) is 3.49. The quantitative estimate of drug-likeness (QED) is 0.380. The molecule has 0 heterocycles. The smallest absolute Gasteiger partial charge is 0.0135 e. The Bertz CT molecular complexity index is 155. The van der Waals surface area contributed by atoms with E-state index in [0.717, 1.165) is 26.2 Å². The van der Waals surface area contributed by atoms with Crippen LogP contribution in [0.2, 0.25) is 0 Å². The van der Waals surface area contributed by atoms with Crippen molar-refractivity contribution >= 4 is 0 Å². The largest absolute Gasteiger partial charge is 0.313 e. The highest BCUT2D eigenvalue weighted by Gasteiger charge is 1.87. The molecule has 17 heavy (non-hydrogen) atoms. The van der Waals surface area contributed by atoms with Crippen LogP contribution in [0.5, 0.6) is 0 Å². The summed E-state index contributed by atoms with van der Waals surface area (Å²) in [6.07, 6.45) is 13.8. The monoisotopic (exact) mass is 240 g/mol.